The number of hydrogen-bond acceptors (Lipinski definition) is 17. The molecule has 4 fully saturated rings. The maximum Gasteiger partial charge on any atom is 0.311 e. The van der Waals surface area contributed by atoms with Gasteiger partial charge in [0.05, 0.1) is 82.6 Å². The summed E-state index contributed by atoms with van der Waals surface area (Å²) in [6, 6.07) is 0. The van der Waals surface area contributed by atoms with Gasteiger partial charge in [0.1, 0.15) is 19.3 Å². The van der Waals surface area contributed by atoms with Crippen molar-refractivity contribution in [1.82, 2.24) is 0 Å². The maximum atomic E-state index is 13.3. The second-order valence-electron chi connectivity index (χ2n) is 17.1. The van der Waals surface area contributed by atoms with E-state index in [9.17, 15) is 19.2 Å². The summed E-state index contributed by atoms with van der Waals surface area (Å²) in [5.41, 5.74) is 0. The van der Waals surface area contributed by atoms with Crippen LogP contribution in [0.4, 0.5) is 0 Å². The van der Waals surface area contributed by atoms with Crippen LogP contribution >= 0.6 is 0 Å². The molecule has 0 amide bonds. The molecule has 1 N–H and O–H groups in total. The summed E-state index contributed by atoms with van der Waals surface area (Å²) in [5.74, 6) is -8.70. The quantitative estimate of drug-likeness (QED) is 0.0989. The Morgan fingerprint density at radius 3 is 1.38 bits per heavy atom. The zero-order valence-electron chi connectivity index (χ0n) is 37.7. The number of ether oxygens (including phenoxy) is 13. The Morgan fingerprint density at radius 1 is 0.633 bits per heavy atom. The van der Waals surface area contributed by atoms with Gasteiger partial charge in [-0.1, -0.05) is 0 Å². The molecular weight excluding hydrogens is 792 g/mol. The molecule has 4 rings (SSSR count). The smallest absolute Gasteiger partial charge is 0.311 e. The summed E-state index contributed by atoms with van der Waals surface area (Å²) in [5, 5.41) is 8.56. The molecule has 18 nitrogen and oxygen atoms in total. The number of carbonyl (C=O) groups excluding carboxylic acids is 3. The molecule has 10 atom stereocenters. The summed E-state index contributed by atoms with van der Waals surface area (Å²) >= 11 is 0. The summed E-state index contributed by atoms with van der Waals surface area (Å²) in [4.78, 5) is 49.8. The van der Waals surface area contributed by atoms with Gasteiger partial charge < -0.3 is 66.7 Å². The van der Waals surface area contributed by atoms with E-state index in [2.05, 4.69) is 0 Å². The third-order valence-corrected chi connectivity index (χ3v) is 9.98. The average Bonchev–Trinajstić information content (AvgIpc) is 3.08. The summed E-state index contributed by atoms with van der Waals surface area (Å²) in [6.45, 7) is 21.1. The first-order chi connectivity index (χ1) is 28.0. The lowest BCUT2D eigenvalue weighted by Crippen LogP contribution is -2.49. The number of esters is 3. The minimum absolute atomic E-state index is 0.0707. The predicted octanol–water partition coefficient (Wildman–Crippen LogP) is 5.33. The van der Waals surface area contributed by atoms with Crippen LogP contribution in [0.3, 0.4) is 0 Å². The number of rotatable bonds is 19. The van der Waals surface area contributed by atoms with Gasteiger partial charge in [-0.2, -0.15) is 0 Å². The Morgan fingerprint density at radius 2 is 1.02 bits per heavy atom. The number of carboxylic acids is 1. The van der Waals surface area contributed by atoms with E-state index in [1.165, 1.54) is 0 Å². The van der Waals surface area contributed by atoms with Crippen LogP contribution in [-0.2, 0) is 80.8 Å². The molecule has 18 heteroatoms. The Hall–Kier alpha value is -2.52. The van der Waals surface area contributed by atoms with Crippen molar-refractivity contribution in [3.63, 3.8) is 0 Å². The molecule has 348 valence electrons. The summed E-state index contributed by atoms with van der Waals surface area (Å²) in [7, 11) is 0. The zero-order valence-corrected chi connectivity index (χ0v) is 37.7. The van der Waals surface area contributed by atoms with Crippen molar-refractivity contribution in [2.45, 2.75) is 200 Å². The first-order valence-corrected chi connectivity index (χ1v) is 21.3. The minimum atomic E-state index is -1.56. The highest BCUT2D eigenvalue weighted by atomic mass is 16.7. The van der Waals surface area contributed by atoms with Gasteiger partial charge in [0.25, 0.3) is 0 Å². The van der Waals surface area contributed by atoms with Gasteiger partial charge in [0, 0.05) is 13.0 Å². The Kier molecular flexibility index (Phi) is 20.1. The highest BCUT2D eigenvalue weighted by Gasteiger charge is 2.44. The van der Waals surface area contributed by atoms with E-state index in [1.54, 1.807) is 48.5 Å². The van der Waals surface area contributed by atoms with Gasteiger partial charge >= 0.3 is 23.9 Å². The molecule has 4 heterocycles. The molecule has 0 aromatic rings. The third-order valence-electron chi connectivity index (χ3n) is 9.98. The fraction of sp³-hybridized carbons (Fsp3) is 0.905. The molecule has 0 saturated carbocycles. The van der Waals surface area contributed by atoms with Crippen LogP contribution in [0.2, 0.25) is 0 Å². The number of hydrogen-bond donors (Lipinski definition) is 1. The van der Waals surface area contributed by atoms with E-state index >= 15 is 0 Å². The van der Waals surface area contributed by atoms with Gasteiger partial charge in [-0.15, -0.1) is 0 Å². The molecular formula is C42H72O18. The van der Waals surface area contributed by atoms with Gasteiger partial charge in [-0.05, 0) is 102 Å². The average molecular weight is 865 g/mol. The van der Waals surface area contributed by atoms with E-state index in [0.717, 1.165) is 12.8 Å². The first-order valence-electron chi connectivity index (χ1n) is 21.3. The SMILES string of the molecule is CC1CCOC(C)(CC(=O)O)O1.CCOC(COC(=O)CC1(C)OCCC(C)O1)(C[C@H](COC(=O)CC1(C)OCCC(C)O1)OC(=O)CC1(C)OCCC(C)O1)OC(C)C. The Balaban J connectivity index is 0.000000685. The van der Waals surface area contributed by atoms with E-state index < -0.39 is 58.9 Å². The lowest BCUT2D eigenvalue weighted by atomic mass is 10.1. The molecule has 0 radical (unpaired) electrons. The van der Waals surface area contributed by atoms with E-state index in [0.29, 0.717) is 39.3 Å². The van der Waals surface area contributed by atoms with E-state index in [4.69, 9.17) is 66.7 Å². The van der Waals surface area contributed by atoms with Crippen LogP contribution < -0.4 is 0 Å². The van der Waals surface area contributed by atoms with Crippen molar-refractivity contribution in [1.29, 1.82) is 0 Å². The van der Waals surface area contributed by atoms with Crippen molar-refractivity contribution in [2.24, 2.45) is 0 Å². The predicted molar refractivity (Wildman–Crippen MR) is 211 cm³/mol. The molecule has 0 aromatic carbocycles. The topological polar surface area (TPSA) is 208 Å². The Bertz CT molecular complexity index is 1380. The van der Waals surface area contributed by atoms with Crippen LogP contribution in [0.15, 0.2) is 0 Å². The molecule has 4 aliphatic rings. The number of carbonyl (C=O) groups is 4. The van der Waals surface area contributed by atoms with Crippen molar-refractivity contribution in [2.75, 3.05) is 46.2 Å². The molecule has 9 unspecified atom stereocenters. The molecule has 0 aromatic heterocycles. The molecule has 0 bridgehead atoms. The first kappa shape index (κ1) is 51.8. The van der Waals surface area contributed by atoms with Gasteiger partial charge in [0.15, 0.2) is 23.1 Å². The zero-order chi connectivity index (χ0) is 44.8. The van der Waals surface area contributed by atoms with Gasteiger partial charge in [0.2, 0.25) is 5.79 Å². The van der Waals surface area contributed by atoms with Crippen LogP contribution in [-0.4, -0.2) is 141 Å². The molecule has 4 aliphatic heterocycles. The van der Waals surface area contributed by atoms with Crippen molar-refractivity contribution < 1.29 is 85.9 Å². The highest BCUT2D eigenvalue weighted by molar-refractivity contribution is 5.72. The highest BCUT2D eigenvalue weighted by Crippen LogP contribution is 2.32. The molecule has 0 spiro atoms. The van der Waals surface area contributed by atoms with Crippen LogP contribution in [0.25, 0.3) is 0 Å². The minimum Gasteiger partial charge on any atom is -0.481 e. The monoisotopic (exact) mass is 864 g/mol. The number of carboxylic acid groups (broad SMARTS) is 1. The number of aliphatic carboxylic acids is 1. The molecule has 4 saturated heterocycles. The largest absolute Gasteiger partial charge is 0.481 e. The van der Waals surface area contributed by atoms with Crippen LogP contribution in [0.1, 0.15) is 134 Å². The van der Waals surface area contributed by atoms with Crippen molar-refractivity contribution in [3.05, 3.63) is 0 Å². The third kappa shape index (κ3) is 18.4. The van der Waals surface area contributed by atoms with Gasteiger partial charge in [-0.25, -0.2) is 0 Å². The van der Waals surface area contributed by atoms with Crippen molar-refractivity contribution in [3.8, 4) is 0 Å². The van der Waals surface area contributed by atoms with E-state index in [1.807, 2.05) is 27.7 Å². The Labute approximate surface area is 355 Å². The second kappa shape index (κ2) is 23.2. The lowest BCUT2D eigenvalue weighted by molar-refractivity contribution is -0.295. The maximum absolute atomic E-state index is 13.3. The van der Waals surface area contributed by atoms with Crippen LogP contribution in [0.5, 0.6) is 0 Å². The summed E-state index contributed by atoms with van der Waals surface area (Å²) < 4.78 is 75.0. The molecule has 0 aliphatic carbocycles. The lowest BCUT2D eigenvalue weighted by Gasteiger charge is -2.39. The second-order valence-corrected chi connectivity index (χ2v) is 17.1. The van der Waals surface area contributed by atoms with Gasteiger partial charge in [-0.3, -0.25) is 19.2 Å². The fourth-order valence-electron chi connectivity index (χ4n) is 7.43. The normalized spacial score (nSPS) is 33.7. The standard InChI is InChI=1S/C34H58O14.C8H14O4/c1-10-40-34(45-23(2)3,22-39-29(36)19-32(8)42-15-12-25(5)47-32)17-27(44-30(37)20-33(9)43-16-13-26(6)48-33)21-38-28(35)18-31(7)41-14-11-24(4)46-31;1-6-3-4-11-8(2,12-6)5-7(9)10/h23-27H,10-22H2,1-9H3;6H,3-5H2,1-2H3,(H,9,10)/t24?,25?,26?,27-,31?,32?,33?,34?;/m1./s1. The van der Waals surface area contributed by atoms with Crippen LogP contribution in [0, 0.1) is 0 Å². The summed E-state index contributed by atoms with van der Waals surface area (Å²) in [6.07, 6.45) is 0.569. The van der Waals surface area contributed by atoms with Crippen molar-refractivity contribution >= 4 is 23.9 Å². The fourth-order valence-corrected chi connectivity index (χ4v) is 7.43. The molecule has 60 heavy (non-hydrogen) atoms. The van der Waals surface area contributed by atoms with E-state index in [-0.39, 0.29) is 82.4 Å².